The maximum atomic E-state index is 12.4. The van der Waals surface area contributed by atoms with Crippen LogP contribution in [0.4, 0.5) is 5.69 Å². The second-order valence-electron chi connectivity index (χ2n) is 5.29. The van der Waals surface area contributed by atoms with Crippen molar-refractivity contribution in [1.29, 1.82) is 0 Å². The van der Waals surface area contributed by atoms with Gasteiger partial charge < -0.3 is 20.5 Å². The molecule has 1 saturated heterocycles. The smallest absolute Gasteiger partial charge is 0.257 e. The number of carbonyl (C=O) groups is 1. The molecule has 0 radical (unpaired) electrons. The quantitative estimate of drug-likeness (QED) is 0.803. The van der Waals surface area contributed by atoms with E-state index in [1.165, 1.54) is 0 Å². The molecule has 20 heavy (non-hydrogen) atoms. The number of para-hydroxylation sites is 1. The normalized spacial score (nSPS) is 16.6. The molecule has 1 amide bonds. The summed E-state index contributed by atoms with van der Waals surface area (Å²) < 4.78 is 5.47. The van der Waals surface area contributed by atoms with Gasteiger partial charge in [0.2, 0.25) is 0 Å². The van der Waals surface area contributed by atoms with Gasteiger partial charge in [0.05, 0.1) is 36.5 Å². The number of benzene rings is 1. The minimum absolute atomic E-state index is 0.137. The van der Waals surface area contributed by atoms with Gasteiger partial charge in [-0.05, 0) is 25.5 Å². The summed E-state index contributed by atoms with van der Waals surface area (Å²) in [5.74, 6) is 0.299. The molecule has 2 rings (SSSR count). The van der Waals surface area contributed by atoms with Crippen LogP contribution in [0.3, 0.4) is 0 Å². The minimum Gasteiger partial charge on any atom is -0.491 e. The highest BCUT2D eigenvalue weighted by Gasteiger charge is 2.43. The molecule has 1 aromatic rings. The Hall–Kier alpha value is -1.75. The van der Waals surface area contributed by atoms with E-state index in [1.807, 2.05) is 13.8 Å². The van der Waals surface area contributed by atoms with Crippen molar-refractivity contribution in [3.8, 4) is 5.75 Å². The van der Waals surface area contributed by atoms with E-state index < -0.39 is 5.60 Å². The predicted octanol–water partition coefficient (Wildman–Crippen LogP) is 1.65. The number of ether oxygens (including phenoxy) is 1. The number of nitrogens with zero attached hydrogens (tertiary/aromatic N) is 1. The van der Waals surface area contributed by atoms with Crippen LogP contribution in [0.1, 0.15) is 37.0 Å². The van der Waals surface area contributed by atoms with Crippen LogP contribution in [0.2, 0.25) is 0 Å². The fraction of sp³-hybridized carbons (Fsp3) is 0.533. The maximum Gasteiger partial charge on any atom is 0.257 e. The molecule has 0 unspecified atom stereocenters. The zero-order chi connectivity index (χ0) is 14.8. The first-order chi connectivity index (χ1) is 9.50. The molecule has 0 atom stereocenters. The third-order valence-electron chi connectivity index (χ3n) is 3.54. The van der Waals surface area contributed by atoms with Gasteiger partial charge in [0.15, 0.2) is 5.75 Å². The summed E-state index contributed by atoms with van der Waals surface area (Å²) in [4.78, 5) is 14.1. The lowest BCUT2D eigenvalue weighted by Crippen LogP contribution is -2.63. The number of aliphatic hydroxyl groups is 1. The Morgan fingerprint density at radius 3 is 2.75 bits per heavy atom. The number of nitrogens with two attached hydrogens (primary N) is 1. The fourth-order valence-electron chi connectivity index (χ4n) is 2.63. The van der Waals surface area contributed by atoms with Crippen molar-refractivity contribution in [3.05, 3.63) is 23.8 Å². The van der Waals surface area contributed by atoms with Crippen LogP contribution in [-0.2, 0) is 0 Å². The zero-order valence-electron chi connectivity index (χ0n) is 12.1. The molecule has 5 heteroatoms. The number of likely N-dealkylation sites (tertiary alicyclic amines) is 1. The molecular formula is C15H22N2O3. The van der Waals surface area contributed by atoms with E-state index >= 15 is 0 Å². The van der Waals surface area contributed by atoms with E-state index in [9.17, 15) is 9.90 Å². The number of rotatable bonds is 5. The van der Waals surface area contributed by atoms with Gasteiger partial charge in [-0.15, -0.1) is 0 Å². The van der Waals surface area contributed by atoms with Crippen molar-refractivity contribution in [2.45, 2.75) is 32.3 Å². The van der Waals surface area contributed by atoms with Gasteiger partial charge in [-0.1, -0.05) is 19.4 Å². The van der Waals surface area contributed by atoms with E-state index in [4.69, 9.17) is 10.5 Å². The van der Waals surface area contributed by atoms with Crippen molar-refractivity contribution < 1.29 is 14.6 Å². The number of β-amino-alcohol motifs (C(OH)–C–C–N with tert-alkyl or cyclic N) is 1. The van der Waals surface area contributed by atoms with E-state index in [0.29, 0.717) is 43.1 Å². The Morgan fingerprint density at radius 1 is 1.45 bits per heavy atom. The SMILES string of the molecule is CCCC1(O)CN(C(=O)c2cccc(N)c2OCC)C1. The summed E-state index contributed by atoms with van der Waals surface area (Å²) in [5, 5.41) is 10.2. The van der Waals surface area contributed by atoms with E-state index in [0.717, 1.165) is 6.42 Å². The first kappa shape index (κ1) is 14.7. The van der Waals surface area contributed by atoms with Crippen LogP contribution in [0, 0.1) is 0 Å². The topological polar surface area (TPSA) is 75.8 Å². The first-order valence-corrected chi connectivity index (χ1v) is 7.03. The second kappa shape index (κ2) is 5.71. The third-order valence-corrected chi connectivity index (χ3v) is 3.54. The molecule has 0 bridgehead atoms. The number of anilines is 1. The van der Waals surface area contributed by atoms with Crippen LogP contribution in [0.25, 0.3) is 0 Å². The first-order valence-electron chi connectivity index (χ1n) is 7.03. The summed E-state index contributed by atoms with van der Waals surface area (Å²) in [6, 6.07) is 5.16. The van der Waals surface area contributed by atoms with Crippen LogP contribution in [0.5, 0.6) is 5.75 Å². The lowest BCUT2D eigenvalue weighted by atomic mass is 9.88. The molecule has 110 valence electrons. The third kappa shape index (κ3) is 2.72. The average molecular weight is 278 g/mol. The number of carbonyl (C=O) groups excluding carboxylic acids is 1. The monoisotopic (exact) mass is 278 g/mol. The van der Waals surface area contributed by atoms with E-state index in [2.05, 4.69) is 0 Å². The molecule has 0 spiro atoms. The van der Waals surface area contributed by atoms with Crippen LogP contribution < -0.4 is 10.5 Å². The Kier molecular flexibility index (Phi) is 4.18. The number of hydrogen-bond acceptors (Lipinski definition) is 4. The van der Waals surface area contributed by atoms with Gasteiger partial charge in [-0.3, -0.25) is 4.79 Å². The Morgan fingerprint density at radius 2 is 2.15 bits per heavy atom. The molecule has 1 aromatic carbocycles. The van der Waals surface area contributed by atoms with Gasteiger partial charge in [0, 0.05) is 0 Å². The standard InChI is InChI=1S/C15H22N2O3/c1-3-8-15(19)9-17(10-15)14(18)11-6-5-7-12(16)13(11)20-4-2/h5-7,19H,3-4,8-10,16H2,1-2H3. The van der Waals surface area contributed by atoms with Crippen molar-refractivity contribution in [3.63, 3.8) is 0 Å². The van der Waals surface area contributed by atoms with Crippen molar-refractivity contribution in [2.75, 3.05) is 25.4 Å². The average Bonchev–Trinajstić information content (AvgIpc) is 2.38. The predicted molar refractivity (Wildman–Crippen MR) is 77.8 cm³/mol. The molecule has 1 fully saturated rings. The molecular weight excluding hydrogens is 256 g/mol. The van der Waals surface area contributed by atoms with Crippen molar-refractivity contribution in [1.82, 2.24) is 4.90 Å². The highest BCUT2D eigenvalue weighted by molar-refractivity contribution is 5.99. The Labute approximate surface area is 119 Å². The van der Waals surface area contributed by atoms with Gasteiger partial charge in [0.1, 0.15) is 0 Å². The summed E-state index contributed by atoms with van der Waals surface area (Å²) in [7, 11) is 0. The van der Waals surface area contributed by atoms with Crippen molar-refractivity contribution >= 4 is 11.6 Å². The van der Waals surface area contributed by atoms with Crippen LogP contribution in [-0.4, -0.2) is 41.2 Å². The molecule has 1 aliphatic rings. The number of hydrogen-bond donors (Lipinski definition) is 2. The van der Waals surface area contributed by atoms with Gasteiger partial charge in [0.25, 0.3) is 5.91 Å². The largest absolute Gasteiger partial charge is 0.491 e. The number of nitrogen functional groups attached to an aromatic ring is 1. The Bertz CT molecular complexity index is 496. The Balaban J connectivity index is 2.13. The zero-order valence-corrected chi connectivity index (χ0v) is 12.1. The highest BCUT2D eigenvalue weighted by atomic mass is 16.5. The van der Waals surface area contributed by atoms with Crippen molar-refractivity contribution in [2.24, 2.45) is 0 Å². The molecule has 0 saturated carbocycles. The van der Waals surface area contributed by atoms with Crippen LogP contribution >= 0.6 is 0 Å². The number of amides is 1. The summed E-state index contributed by atoms with van der Waals surface area (Å²) in [5.41, 5.74) is 6.06. The van der Waals surface area contributed by atoms with E-state index in [-0.39, 0.29) is 5.91 Å². The molecule has 1 heterocycles. The fourth-order valence-corrected chi connectivity index (χ4v) is 2.63. The van der Waals surface area contributed by atoms with Gasteiger partial charge >= 0.3 is 0 Å². The molecule has 5 nitrogen and oxygen atoms in total. The molecule has 0 aromatic heterocycles. The second-order valence-corrected chi connectivity index (χ2v) is 5.29. The highest BCUT2D eigenvalue weighted by Crippen LogP contribution is 2.32. The van der Waals surface area contributed by atoms with Gasteiger partial charge in [-0.2, -0.15) is 0 Å². The minimum atomic E-state index is -0.726. The molecule has 0 aliphatic carbocycles. The molecule has 1 aliphatic heterocycles. The summed E-state index contributed by atoms with van der Waals surface area (Å²) >= 11 is 0. The van der Waals surface area contributed by atoms with Crippen LogP contribution in [0.15, 0.2) is 18.2 Å². The summed E-state index contributed by atoms with van der Waals surface area (Å²) in [6.45, 7) is 5.08. The summed E-state index contributed by atoms with van der Waals surface area (Å²) in [6.07, 6.45) is 1.62. The molecule has 3 N–H and O–H groups in total. The van der Waals surface area contributed by atoms with E-state index in [1.54, 1.807) is 23.1 Å². The lowest BCUT2D eigenvalue weighted by Gasteiger charge is -2.46. The van der Waals surface area contributed by atoms with Gasteiger partial charge in [-0.25, -0.2) is 0 Å². The lowest BCUT2D eigenvalue weighted by molar-refractivity contribution is -0.0860. The maximum absolute atomic E-state index is 12.4.